The van der Waals surface area contributed by atoms with Crippen LogP contribution in [0.3, 0.4) is 0 Å². The van der Waals surface area contributed by atoms with Gasteiger partial charge < -0.3 is 0 Å². The van der Waals surface area contributed by atoms with Crippen molar-refractivity contribution in [2.75, 3.05) is 0 Å². The van der Waals surface area contributed by atoms with Crippen molar-refractivity contribution >= 4 is 0 Å². The summed E-state index contributed by atoms with van der Waals surface area (Å²) in [5.74, 6) is 0. The second-order valence-corrected chi connectivity index (χ2v) is 6.17. The Morgan fingerprint density at radius 1 is 1.05 bits per heavy atom. The molecule has 1 saturated carbocycles. The summed E-state index contributed by atoms with van der Waals surface area (Å²) < 4.78 is 29.8. The summed E-state index contributed by atoms with van der Waals surface area (Å²) in [5.41, 5.74) is 1.68. The van der Waals surface area contributed by atoms with Crippen LogP contribution < -0.4 is 0 Å². The van der Waals surface area contributed by atoms with Gasteiger partial charge in [-0.2, -0.15) is 0 Å². The minimum Gasteiger partial charge on any atom is -0.244 e. The lowest BCUT2D eigenvalue weighted by molar-refractivity contribution is 0.00910. The maximum Gasteiger partial charge on any atom is 0.167 e. The molecule has 0 aliphatic heterocycles. The molecule has 0 heterocycles. The van der Waals surface area contributed by atoms with Gasteiger partial charge in [0.05, 0.1) is 0 Å². The molecule has 2 aromatic rings. The van der Waals surface area contributed by atoms with Gasteiger partial charge in [0.25, 0.3) is 0 Å². The van der Waals surface area contributed by atoms with Crippen LogP contribution in [0.5, 0.6) is 0 Å². The molecule has 2 aromatic carbocycles. The third-order valence-corrected chi connectivity index (χ3v) is 4.79. The van der Waals surface area contributed by atoms with Crippen LogP contribution in [0.4, 0.5) is 8.78 Å². The van der Waals surface area contributed by atoms with E-state index in [2.05, 4.69) is 19.1 Å². The molecule has 2 unspecified atom stereocenters. The number of halogens is 2. The van der Waals surface area contributed by atoms with Crippen LogP contribution in [0.2, 0.25) is 0 Å². The second kappa shape index (κ2) is 6.20. The smallest absolute Gasteiger partial charge is 0.167 e. The van der Waals surface area contributed by atoms with Crippen LogP contribution in [0.25, 0.3) is 11.1 Å². The number of hydrogen-bond acceptors (Lipinski definition) is 0. The van der Waals surface area contributed by atoms with Crippen molar-refractivity contribution in [1.29, 1.82) is 0 Å². The fourth-order valence-electron chi connectivity index (χ4n) is 3.41. The lowest BCUT2D eigenvalue weighted by atomic mass is 9.77. The summed E-state index contributed by atoms with van der Waals surface area (Å²) in [6, 6.07) is 15.5. The van der Waals surface area contributed by atoms with Gasteiger partial charge in [-0.15, -0.1) is 0 Å². The Balaban J connectivity index is 2.05. The summed E-state index contributed by atoms with van der Waals surface area (Å²) in [7, 11) is 0. The Morgan fingerprint density at radius 2 is 1.77 bits per heavy atom. The van der Waals surface area contributed by atoms with Crippen LogP contribution in [0.15, 0.2) is 48.5 Å². The average molecular weight is 300 g/mol. The Hall–Kier alpha value is -1.70. The molecule has 0 saturated heterocycles. The first kappa shape index (κ1) is 15.2. The largest absolute Gasteiger partial charge is 0.244 e. The summed E-state index contributed by atoms with van der Waals surface area (Å²) >= 11 is 0. The van der Waals surface area contributed by atoms with E-state index >= 15 is 4.39 Å². The molecule has 2 atom stereocenters. The molecule has 0 spiro atoms. The van der Waals surface area contributed by atoms with E-state index in [1.165, 1.54) is 5.56 Å². The molecule has 2 heteroatoms. The number of rotatable bonds is 3. The highest BCUT2D eigenvalue weighted by atomic mass is 19.2. The topological polar surface area (TPSA) is 0 Å². The minimum atomic E-state index is -1.85. The molecule has 22 heavy (non-hydrogen) atoms. The third-order valence-electron chi connectivity index (χ3n) is 4.79. The molecule has 116 valence electrons. The van der Waals surface area contributed by atoms with E-state index in [4.69, 9.17) is 0 Å². The Bertz CT molecular complexity index is 632. The van der Waals surface area contributed by atoms with Gasteiger partial charge in [-0.05, 0) is 47.9 Å². The van der Waals surface area contributed by atoms with E-state index in [1.807, 2.05) is 30.3 Å². The SMILES string of the molecule is CCc1ccc(-c2ccccc2C2(F)CCCCC2F)cc1. The Morgan fingerprint density at radius 3 is 2.45 bits per heavy atom. The Kier molecular flexibility index (Phi) is 4.28. The van der Waals surface area contributed by atoms with Gasteiger partial charge >= 0.3 is 0 Å². The van der Waals surface area contributed by atoms with Crippen LogP contribution in [-0.4, -0.2) is 6.17 Å². The van der Waals surface area contributed by atoms with Gasteiger partial charge in [0.2, 0.25) is 0 Å². The van der Waals surface area contributed by atoms with Crippen molar-refractivity contribution in [3.63, 3.8) is 0 Å². The lowest BCUT2D eigenvalue weighted by Crippen LogP contribution is -2.35. The van der Waals surface area contributed by atoms with E-state index in [1.54, 1.807) is 6.07 Å². The summed E-state index contributed by atoms with van der Waals surface area (Å²) in [6.45, 7) is 2.11. The molecule has 1 fully saturated rings. The number of hydrogen-bond donors (Lipinski definition) is 0. The normalized spacial score (nSPS) is 25.1. The highest BCUT2D eigenvalue weighted by Gasteiger charge is 2.44. The van der Waals surface area contributed by atoms with E-state index in [0.717, 1.165) is 30.4 Å². The summed E-state index contributed by atoms with van der Waals surface area (Å²) in [6.07, 6.45) is 1.69. The zero-order valence-electron chi connectivity index (χ0n) is 13.0. The van der Waals surface area contributed by atoms with Crippen molar-refractivity contribution in [2.24, 2.45) is 0 Å². The van der Waals surface area contributed by atoms with Crippen molar-refractivity contribution in [3.05, 3.63) is 59.7 Å². The molecule has 0 nitrogen and oxygen atoms in total. The van der Waals surface area contributed by atoms with Crippen molar-refractivity contribution in [1.82, 2.24) is 0 Å². The standard InChI is InChI=1S/C20H22F2/c1-2-15-10-12-16(13-11-15)17-7-3-4-8-18(17)20(22)14-6-5-9-19(20)21/h3-4,7-8,10-13,19H,2,5-6,9,14H2,1H3. The minimum absolute atomic E-state index is 0.276. The van der Waals surface area contributed by atoms with Gasteiger partial charge in [-0.3, -0.25) is 0 Å². The van der Waals surface area contributed by atoms with E-state index in [0.29, 0.717) is 12.0 Å². The Labute approximate surface area is 131 Å². The van der Waals surface area contributed by atoms with Crippen LogP contribution >= 0.6 is 0 Å². The van der Waals surface area contributed by atoms with Gasteiger partial charge in [-0.25, -0.2) is 8.78 Å². The molecule has 1 aliphatic carbocycles. The monoisotopic (exact) mass is 300 g/mol. The summed E-state index contributed by atoms with van der Waals surface area (Å²) in [5, 5.41) is 0. The van der Waals surface area contributed by atoms with Crippen LogP contribution in [0.1, 0.15) is 43.7 Å². The van der Waals surface area contributed by atoms with E-state index < -0.39 is 11.8 Å². The molecule has 0 N–H and O–H groups in total. The average Bonchev–Trinajstić information content (AvgIpc) is 2.58. The zero-order valence-corrected chi connectivity index (χ0v) is 13.0. The van der Waals surface area contributed by atoms with Crippen molar-refractivity contribution in [2.45, 2.75) is 50.9 Å². The maximum atomic E-state index is 15.4. The fraction of sp³-hybridized carbons (Fsp3) is 0.400. The number of benzene rings is 2. The molecule has 0 aromatic heterocycles. The van der Waals surface area contributed by atoms with Gasteiger partial charge in [-0.1, -0.05) is 61.9 Å². The van der Waals surface area contributed by atoms with Crippen LogP contribution in [0, 0.1) is 0 Å². The fourth-order valence-corrected chi connectivity index (χ4v) is 3.41. The molecular formula is C20H22F2. The predicted molar refractivity (Wildman–Crippen MR) is 87.4 cm³/mol. The second-order valence-electron chi connectivity index (χ2n) is 6.17. The van der Waals surface area contributed by atoms with Crippen molar-refractivity contribution < 1.29 is 8.78 Å². The first-order chi connectivity index (χ1) is 10.6. The van der Waals surface area contributed by atoms with Gasteiger partial charge in [0.15, 0.2) is 5.67 Å². The molecule has 0 amide bonds. The molecule has 1 aliphatic rings. The summed E-state index contributed by atoms with van der Waals surface area (Å²) in [4.78, 5) is 0. The van der Waals surface area contributed by atoms with Crippen molar-refractivity contribution in [3.8, 4) is 11.1 Å². The molecule has 3 rings (SSSR count). The van der Waals surface area contributed by atoms with Crippen LogP contribution in [-0.2, 0) is 12.1 Å². The maximum absolute atomic E-state index is 15.4. The first-order valence-electron chi connectivity index (χ1n) is 8.17. The predicted octanol–water partition coefficient (Wildman–Crippen LogP) is 5.99. The molecule has 0 radical (unpaired) electrons. The van der Waals surface area contributed by atoms with E-state index in [-0.39, 0.29) is 6.42 Å². The van der Waals surface area contributed by atoms with E-state index in [9.17, 15) is 4.39 Å². The highest BCUT2D eigenvalue weighted by Crippen LogP contribution is 2.46. The highest BCUT2D eigenvalue weighted by molar-refractivity contribution is 5.69. The van der Waals surface area contributed by atoms with Gasteiger partial charge in [0.1, 0.15) is 6.17 Å². The third kappa shape index (κ3) is 2.67. The number of aryl methyl sites for hydroxylation is 1. The first-order valence-corrected chi connectivity index (χ1v) is 8.17. The quantitative estimate of drug-likeness (QED) is 0.653. The lowest BCUT2D eigenvalue weighted by Gasteiger charge is -2.34. The molecular weight excluding hydrogens is 278 g/mol. The number of alkyl halides is 2. The van der Waals surface area contributed by atoms with Gasteiger partial charge in [0, 0.05) is 0 Å². The zero-order chi connectivity index (χ0) is 15.6. The molecule has 0 bridgehead atoms.